The zero-order valence-corrected chi connectivity index (χ0v) is 16.4. The molecule has 126 valence electrons. The lowest BCUT2D eigenvalue weighted by molar-refractivity contribution is -0.122. The third kappa shape index (κ3) is 4.69. The molecule has 1 N–H and O–H groups in total. The minimum Gasteiger partial charge on any atom is -0.294 e. The molecule has 2 aromatic heterocycles. The van der Waals surface area contributed by atoms with Crippen LogP contribution in [0.25, 0.3) is 0 Å². The summed E-state index contributed by atoms with van der Waals surface area (Å²) in [6.07, 6.45) is 0. The van der Waals surface area contributed by atoms with Gasteiger partial charge in [0.2, 0.25) is 3.79 Å². The summed E-state index contributed by atoms with van der Waals surface area (Å²) >= 11 is 19.4. The molecule has 0 amide bonds. The van der Waals surface area contributed by atoms with Crippen LogP contribution in [0.1, 0.15) is 17.8 Å². The molecule has 0 saturated heterocycles. The average molecular weight is 433 g/mol. The van der Waals surface area contributed by atoms with E-state index in [-0.39, 0.29) is 4.21 Å². The number of sulfonamides is 1. The Morgan fingerprint density at radius 3 is 2.26 bits per heavy atom. The molecule has 2 atom stereocenters. The van der Waals surface area contributed by atoms with Gasteiger partial charge < -0.3 is 0 Å². The van der Waals surface area contributed by atoms with Crippen molar-refractivity contribution < 1.29 is 13.2 Å². The van der Waals surface area contributed by atoms with Crippen molar-refractivity contribution in [3.8, 4) is 0 Å². The van der Waals surface area contributed by atoms with E-state index in [4.69, 9.17) is 34.8 Å². The number of rotatable bonds is 6. The molecule has 2 rings (SSSR count). The molecule has 0 unspecified atom stereocenters. The summed E-state index contributed by atoms with van der Waals surface area (Å²) in [5.41, 5.74) is 0. The van der Waals surface area contributed by atoms with Crippen LogP contribution in [0.15, 0.2) is 39.2 Å². The van der Waals surface area contributed by atoms with Crippen LogP contribution in [0.5, 0.6) is 0 Å². The zero-order chi connectivity index (χ0) is 17.3. The maximum Gasteiger partial charge on any atom is 0.250 e. The molecular weight excluding hydrogens is 421 g/mol. The van der Waals surface area contributed by atoms with E-state index in [1.54, 1.807) is 29.0 Å². The van der Waals surface area contributed by atoms with Gasteiger partial charge in [0, 0.05) is 10.8 Å². The van der Waals surface area contributed by atoms with Crippen LogP contribution < -0.4 is 4.72 Å². The van der Waals surface area contributed by atoms with Gasteiger partial charge in [-0.2, -0.15) is 0 Å². The van der Waals surface area contributed by atoms with Gasteiger partial charge in [-0.05, 0) is 22.9 Å². The number of alkyl halides is 3. The van der Waals surface area contributed by atoms with Crippen molar-refractivity contribution in [2.75, 3.05) is 0 Å². The van der Waals surface area contributed by atoms with E-state index in [1.165, 1.54) is 24.3 Å². The van der Waals surface area contributed by atoms with E-state index in [9.17, 15) is 13.2 Å². The smallest absolute Gasteiger partial charge is 0.250 e. The third-order valence-corrected chi connectivity index (χ3v) is 7.44. The molecule has 0 aliphatic carbocycles. The number of hydrogen-bond acceptors (Lipinski definition) is 5. The number of hydrogen-bond donors (Lipinski definition) is 1. The Morgan fingerprint density at radius 1 is 1.17 bits per heavy atom. The minimum atomic E-state index is -3.77. The van der Waals surface area contributed by atoms with Gasteiger partial charge in [0.15, 0.2) is 5.78 Å². The lowest BCUT2D eigenvalue weighted by atomic mass is 9.97. The monoisotopic (exact) mass is 431 g/mol. The summed E-state index contributed by atoms with van der Waals surface area (Å²) in [6.45, 7) is 1.53. The molecule has 0 aliphatic rings. The second-order valence-electron chi connectivity index (χ2n) is 4.70. The van der Waals surface area contributed by atoms with Gasteiger partial charge in [-0.15, -0.1) is 22.7 Å². The number of carbonyl (C=O) groups excluding carboxylic acids is 1. The van der Waals surface area contributed by atoms with E-state index in [1.807, 2.05) is 0 Å². The summed E-state index contributed by atoms with van der Waals surface area (Å²) in [4.78, 5) is 12.9. The first-order valence-corrected chi connectivity index (χ1v) is 10.7. The Kier molecular flexibility index (Phi) is 6.16. The van der Waals surface area contributed by atoms with Crippen molar-refractivity contribution in [1.82, 2.24) is 4.72 Å². The third-order valence-electron chi connectivity index (χ3n) is 3.08. The maximum atomic E-state index is 12.5. The van der Waals surface area contributed by atoms with Gasteiger partial charge in [-0.25, -0.2) is 13.1 Å². The normalized spacial score (nSPS) is 15.3. The SMILES string of the molecule is C[C@H](C(=O)C(Cl)(Cl)Cl)[C@H](NS(=O)(=O)c1cccs1)c1cccs1. The molecule has 10 heteroatoms. The van der Waals surface area contributed by atoms with Gasteiger partial charge in [-0.1, -0.05) is 53.9 Å². The van der Waals surface area contributed by atoms with Crippen LogP contribution in [0.2, 0.25) is 0 Å². The van der Waals surface area contributed by atoms with Gasteiger partial charge in [0.25, 0.3) is 10.0 Å². The highest BCUT2D eigenvalue weighted by atomic mass is 35.6. The standard InChI is InChI=1S/C13H12Cl3NO3S3/c1-8(12(18)13(14,15)16)11(9-4-2-6-21-9)17-23(19,20)10-5-3-7-22-10/h2-8,11,17H,1H3/t8-,11-/m0/s1. The average Bonchev–Trinajstić information content (AvgIpc) is 3.14. The van der Waals surface area contributed by atoms with Crippen LogP contribution in [-0.2, 0) is 14.8 Å². The first-order valence-electron chi connectivity index (χ1n) is 6.33. The highest BCUT2D eigenvalue weighted by molar-refractivity contribution is 7.91. The second-order valence-corrected chi connectivity index (χ2v) is 10.8. The minimum absolute atomic E-state index is 0.160. The predicted octanol–water partition coefficient (Wildman–Crippen LogP) is 4.40. The van der Waals surface area contributed by atoms with Crippen molar-refractivity contribution in [2.24, 2.45) is 5.92 Å². The summed E-state index contributed by atoms with van der Waals surface area (Å²) < 4.78 is 25.5. The molecule has 0 saturated carbocycles. The maximum absolute atomic E-state index is 12.5. The molecule has 4 nitrogen and oxygen atoms in total. The molecule has 0 spiro atoms. The van der Waals surface area contributed by atoms with Crippen LogP contribution >= 0.6 is 57.5 Å². The fourth-order valence-corrected chi connectivity index (χ4v) is 5.70. The topological polar surface area (TPSA) is 63.2 Å². The summed E-state index contributed by atoms with van der Waals surface area (Å²) in [7, 11) is -3.77. The Balaban J connectivity index is 2.35. The van der Waals surface area contributed by atoms with Crippen LogP contribution in [0, 0.1) is 5.92 Å². The van der Waals surface area contributed by atoms with Crippen molar-refractivity contribution in [3.05, 3.63) is 39.9 Å². The molecule has 0 fully saturated rings. The highest BCUT2D eigenvalue weighted by Gasteiger charge is 2.40. The molecule has 0 radical (unpaired) electrons. The number of halogens is 3. The Hall–Kier alpha value is -0.150. The largest absolute Gasteiger partial charge is 0.294 e. The van der Waals surface area contributed by atoms with E-state index in [0.717, 1.165) is 11.3 Å². The quantitative estimate of drug-likeness (QED) is 0.688. The predicted molar refractivity (Wildman–Crippen MR) is 96.2 cm³/mol. The van der Waals surface area contributed by atoms with E-state index >= 15 is 0 Å². The number of thiophene rings is 2. The second kappa shape index (κ2) is 7.39. The summed E-state index contributed by atoms with van der Waals surface area (Å²) in [6, 6.07) is 5.80. The van der Waals surface area contributed by atoms with Crippen LogP contribution in [0.3, 0.4) is 0 Å². The molecule has 2 aromatic rings. The van der Waals surface area contributed by atoms with Crippen LogP contribution in [0.4, 0.5) is 0 Å². The van der Waals surface area contributed by atoms with Crippen molar-refractivity contribution in [2.45, 2.75) is 21.0 Å². The number of Topliss-reactive ketones (excluding diaryl/α,β-unsaturated/α-hetero) is 1. The molecule has 2 heterocycles. The first kappa shape index (κ1) is 19.2. The van der Waals surface area contributed by atoms with Gasteiger partial charge in [-0.3, -0.25) is 4.79 Å². The summed E-state index contributed by atoms with van der Waals surface area (Å²) in [5, 5.41) is 3.44. The molecular formula is C13H12Cl3NO3S3. The molecule has 0 bridgehead atoms. The van der Waals surface area contributed by atoms with Gasteiger partial charge in [0.05, 0.1) is 6.04 Å². The zero-order valence-electron chi connectivity index (χ0n) is 11.7. The Bertz CT molecular complexity index is 752. The van der Waals surface area contributed by atoms with Gasteiger partial charge in [0.1, 0.15) is 4.21 Å². The Labute approximate surface area is 157 Å². The van der Waals surface area contributed by atoms with Crippen molar-refractivity contribution in [3.63, 3.8) is 0 Å². The number of carbonyl (C=O) groups is 1. The number of ketones is 1. The highest BCUT2D eigenvalue weighted by Crippen LogP contribution is 2.36. The molecule has 23 heavy (non-hydrogen) atoms. The lowest BCUT2D eigenvalue weighted by Crippen LogP contribution is -2.38. The first-order chi connectivity index (χ1) is 10.6. The van der Waals surface area contributed by atoms with Gasteiger partial charge >= 0.3 is 0 Å². The molecule has 0 aromatic carbocycles. The molecule has 0 aliphatic heterocycles. The Morgan fingerprint density at radius 2 is 1.78 bits per heavy atom. The number of nitrogens with one attached hydrogen (secondary N) is 1. The fourth-order valence-electron chi connectivity index (χ4n) is 1.93. The van der Waals surface area contributed by atoms with Crippen LogP contribution in [-0.4, -0.2) is 18.0 Å². The fraction of sp³-hybridized carbons (Fsp3) is 0.308. The van der Waals surface area contributed by atoms with E-state index in [0.29, 0.717) is 4.88 Å². The van der Waals surface area contributed by atoms with Crippen molar-refractivity contribution in [1.29, 1.82) is 0 Å². The van der Waals surface area contributed by atoms with E-state index < -0.39 is 31.6 Å². The van der Waals surface area contributed by atoms with E-state index in [2.05, 4.69) is 4.72 Å². The van der Waals surface area contributed by atoms with Crippen molar-refractivity contribution >= 4 is 73.3 Å². The lowest BCUT2D eigenvalue weighted by Gasteiger charge is -2.25. The summed E-state index contributed by atoms with van der Waals surface area (Å²) in [5.74, 6) is -1.52.